The van der Waals surface area contributed by atoms with Crippen LogP contribution in [0.25, 0.3) is 0 Å². The van der Waals surface area contributed by atoms with E-state index < -0.39 is 0 Å². The second-order valence-electron chi connectivity index (χ2n) is 5.45. The molecular formula is C12H23N3O. The molecule has 0 saturated carbocycles. The average molecular weight is 225 g/mol. The van der Waals surface area contributed by atoms with E-state index in [1.807, 2.05) is 13.8 Å². The van der Waals surface area contributed by atoms with Gasteiger partial charge in [0.25, 0.3) is 0 Å². The van der Waals surface area contributed by atoms with Crippen LogP contribution in [0.15, 0.2) is 0 Å². The van der Waals surface area contributed by atoms with Gasteiger partial charge in [-0.15, -0.1) is 0 Å². The fourth-order valence-corrected chi connectivity index (χ4v) is 2.64. The predicted octanol–water partition coefficient (Wildman–Crippen LogP) is 0.196. The lowest BCUT2D eigenvalue weighted by Gasteiger charge is -2.43. The van der Waals surface area contributed by atoms with Crippen molar-refractivity contribution >= 4 is 5.91 Å². The summed E-state index contributed by atoms with van der Waals surface area (Å²) in [6.07, 6.45) is 2.49. The monoisotopic (exact) mass is 225 g/mol. The molecule has 0 aromatic carbocycles. The van der Waals surface area contributed by atoms with Gasteiger partial charge in [0, 0.05) is 19.6 Å². The van der Waals surface area contributed by atoms with Crippen molar-refractivity contribution in [2.75, 3.05) is 32.7 Å². The first-order valence-corrected chi connectivity index (χ1v) is 6.35. The highest BCUT2D eigenvalue weighted by molar-refractivity contribution is 5.86. The summed E-state index contributed by atoms with van der Waals surface area (Å²) in [7, 11) is 0. The summed E-state index contributed by atoms with van der Waals surface area (Å²) in [6.45, 7) is 9.18. The van der Waals surface area contributed by atoms with Gasteiger partial charge in [-0.25, -0.2) is 0 Å². The second kappa shape index (κ2) is 4.72. The van der Waals surface area contributed by atoms with Gasteiger partial charge in [0.2, 0.25) is 5.91 Å². The summed E-state index contributed by atoms with van der Waals surface area (Å²) in [5, 5.41) is 6.33. The molecule has 0 spiro atoms. The van der Waals surface area contributed by atoms with Crippen molar-refractivity contribution in [3.05, 3.63) is 0 Å². The number of nitrogens with one attached hydrogen (secondary N) is 2. The fraction of sp³-hybridized carbons (Fsp3) is 0.917. The zero-order valence-corrected chi connectivity index (χ0v) is 10.4. The Morgan fingerprint density at radius 3 is 2.69 bits per heavy atom. The molecule has 2 N–H and O–H groups in total. The molecule has 1 amide bonds. The molecular weight excluding hydrogens is 202 g/mol. The Hall–Kier alpha value is -0.610. The van der Waals surface area contributed by atoms with Gasteiger partial charge in [0.15, 0.2) is 0 Å². The molecule has 0 aromatic rings. The van der Waals surface area contributed by atoms with Crippen LogP contribution in [0.4, 0.5) is 0 Å². The van der Waals surface area contributed by atoms with Crippen LogP contribution in [0.3, 0.4) is 0 Å². The number of hydrogen-bond donors (Lipinski definition) is 2. The number of amides is 1. The van der Waals surface area contributed by atoms with E-state index in [4.69, 9.17) is 0 Å². The quantitative estimate of drug-likeness (QED) is 0.705. The lowest BCUT2D eigenvalue weighted by atomic mass is 9.92. The average Bonchev–Trinajstić information content (AvgIpc) is 2.27. The summed E-state index contributed by atoms with van der Waals surface area (Å²) in [4.78, 5) is 14.2. The summed E-state index contributed by atoms with van der Waals surface area (Å²) < 4.78 is 0. The van der Waals surface area contributed by atoms with Crippen LogP contribution < -0.4 is 10.6 Å². The number of piperazine rings is 1. The first kappa shape index (κ1) is 11.9. The normalized spacial score (nSPS) is 27.8. The third-order valence-electron chi connectivity index (χ3n) is 3.95. The van der Waals surface area contributed by atoms with Gasteiger partial charge >= 0.3 is 0 Å². The highest BCUT2D eigenvalue weighted by atomic mass is 16.2. The van der Waals surface area contributed by atoms with Crippen LogP contribution in [0.1, 0.15) is 26.7 Å². The molecule has 4 heteroatoms. The maximum absolute atomic E-state index is 11.8. The van der Waals surface area contributed by atoms with E-state index in [2.05, 4.69) is 15.5 Å². The van der Waals surface area contributed by atoms with E-state index in [1.165, 1.54) is 12.8 Å². The molecule has 0 atom stereocenters. The van der Waals surface area contributed by atoms with E-state index in [1.54, 1.807) is 0 Å². The van der Waals surface area contributed by atoms with Gasteiger partial charge in [-0.1, -0.05) is 0 Å². The molecule has 4 nitrogen and oxygen atoms in total. The summed E-state index contributed by atoms with van der Waals surface area (Å²) in [6, 6.07) is 0. The molecule has 0 aromatic heterocycles. The minimum atomic E-state index is -0.330. The van der Waals surface area contributed by atoms with E-state index in [-0.39, 0.29) is 11.4 Å². The van der Waals surface area contributed by atoms with Crippen molar-refractivity contribution in [1.29, 1.82) is 0 Å². The predicted molar refractivity (Wildman–Crippen MR) is 64.3 cm³/mol. The summed E-state index contributed by atoms with van der Waals surface area (Å²) in [5.74, 6) is 0.930. The summed E-state index contributed by atoms with van der Waals surface area (Å²) >= 11 is 0. The summed E-state index contributed by atoms with van der Waals surface area (Å²) in [5.41, 5.74) is -0.330. The Balaban J connectivity index is 1.94. The van der Waals surface area contributed by atoms with Crippen molar-refractivity contribution in [3.8, 4) is 0 Å². The van der Waals surface area contributed by atoms with Crippen molar-refractivity contribution in [2.45, 2.75) is 32.2 Å². The van der Waals surface area contributed by atoms with Crippen LogP contribution in [0.2, 0.25) is 0 Å². The van der Waals surface area contributed by atoms with E-state index in [0.29, 0.717) is 0 Å². The molecule has 0 radical (unpaired) electrons. The third-order valence-corrected chi connectivity index (χ3v) is 3.95. The minimum Gasteiger partial charge on any atom is -0.353 e. The molecule has 92 valence electrons. The van der Waals surface area contributed by atoms with Gasteiger partial charge in [0.1, 0.15) is 0 Å². The van der Waals surface area contributed by atoms with Gasteiger partial charge in [-0.05, 0) is 45.7 Å². The Morgan fingerprint density at radius 1 is 1.31 bits per heavy atom. The van der Waals surface area contributed by atoms with Crippen molar-refractivity contribution in [2.24, 2.45) is 5.92 Å². The largest absolute Gasteiger partial charge is 0.353 e. The zero-order chi connectivity index (χ0) is 11.6. The molecule has 2 heterocycles. The van der Waals surface area contributed by atoms with Gasteiger partial charge < -0.3 is 10.6 Å². The molecule has 2 aliphatic rings. The standard InChI is InChI=1S/C12H23N3O/c1-12(2)11(16)14-7-8-15(12)9-10-3-5-13-6-4-10/h10,13H,3-9H2,1-2H3,(H,14,16). The number of hydrogen-bond acceptors (Lipinski definition) is 3. The molecule has 0 unspecified atom stereocenters. The Kier molecular flexibility index (Phi) is 3.50. The number of carbonyl (C=O) groups is 1. The van der Waals surface area contributed by atoms with Gasteiger partial charge in [-0.3, -0.25) is 9.69 Å². The first-order chi connectivity index (χ1) is 7.60. The maximum Gasteiger partial charge on any atom is 0.239 e. The van der Waals surface area contributed by atoms with E-state index in [0.717, 1.165) is 38.6 Å². The van der Waals surface area contributed by atoms with Crippen molar-refractivity contribution in [3.63, 3.8) is 0 Å². The van der Waals surface area contributed by atoms with Crippen molar-refractivity contribution < 1.29 is 4.79 Å². The molecule has 16 heavy (non-hydrogen) atoms. The van der Waals surface area contributed by atoms with Crippen LogP contribution in [-0.2, 0) is 4.79 Å². The molecule has 2 saturated heterocycles. The second-order valence-corrected chi connectivity index (χ2v) is 5.45. The Morgan fingerprint density at radius 2 is 2.00 bits per heavy atom. The fourth-order valence-electron chi connectivity index (χ4n) is 2.64. The first-order valence-electron chi connectivity index (χ1n) is 6.35. The van der Waals surface area contributed by atoms with E-state index in [9.17, 15) is 4.79 Å². The zero-order valence-electron chi connectivity index (χ0n) is 10.4. The lowest BCUT2D eigenvalue weighted by molar-refractivity contribution is -0.135. The number of nitrogens with zero attached hydrogens (tertiary/aromatic N) is 1. The highest BCUT2D eigenvalue weighted by Crippen LogP contribution is 2.22. The van der Waals surface area contributed by atoms with Gasteiger partial charge in [-0.2, -0.15) is 0 Å². The number of piperidine rings is 1. The highest BCUT2D eigenvalue weighted by Gasteiger charge is 2.38. The van der Waals surface area contributed by atoms with Crippen LogP contribution >= 0.6 is 0 Å². The lowest BCUT2D eigenvalue weighted by Crippen LogP contribution is -2.62. The molecule has 2 fully saturated rings. The maximum atomic E-state index is 11.8. The topological polar surface area (TPSA) is 44.4 Å². The van der Waals surface area contributed by atoms with Gasteiger partial charge in [0.05, 0.1) is 5.54 Å². The van der Waals surface area contributed by atoms with Crippen LogP contribution in [0.5, 0.6) is 0 Å². The molecule has 2 aliphatic heterocycles. The minimum absolute atomic E-state index is 0.174. The van der Waals surface area contributed by atoms with Crippen LogP contribution in [0, 0.1) is 5.92 Å². The molecule has 0 bridgehead atoms. The number of rotatable bonds is 2. The van der Waals surface area contributed by atoms with Crippen LogP contribution in [-0.4, -0.2) is 49.1 Å². The Bertz CT molecular complexity index is 259. The SMILES string of the molecule is CC1(C)C(=O)NCCN1CC1CCNCC1. The molecule has 2 rings (SSSR count). The molecule has 0 aliphatic carbocycles. The third kappa shape index (κ3) is 2.38. The van der Waals surface area contributed by atoms with E-state index >= 15 is 0 Å². The smallest absolute Gasteiger partial charge is 0.239 e. The van der Waals surface area contributed by atoms with Crippen molar-refractivity contribution in [1.82, 2.24) is 15.5 Å². The Labute approximate surface area is 97.8 Å². The number of carbonyl (C=O) groups excluding carboxylic acids is 1.